The molecule has 2 amide bonds. The number of carbonyl (C=O) groups is 2. The Morgan fingerprint density at radius 2 is 1.58 bits per heavy atom. The number of aromatic nitrogens is 3. The van der Waals surface area contributed by atoms with E-state index < -0.39 is 21.7 Å². The normalized spacial score (nSPS) is 13.9. The van der Waals surface area contributed by atoms with Gasteiger partial charge >= 0.3 is 0 Å². The third kappa shape index (κ3) is 7.68. The van der Waals surface area contributed by atoms with Crippen molar-refractivity contribution in [2.24, 2.45) is 0 Å². The molecule has 10 nitrogen and oxygen atoms in total. The fraction of sp³-hybridized carbons (Fsp3) is 0.241. The SMILES string of the molecule is O=C(CSc1nnc(CNC(=O)c2ccc(S(=O)(=O)N3CCCCC3)cc2)n1-c1ccc(Br)cc1)Nc1ccc(F)cc1. The van der Waals surface area contributed by atoms with Crippen LogP contribution in [0.5, 0.6) is 0 Å². The van der Waals surface area contributed by atoms with E-state index in [9.17, 15) is 22.4 Å². The molecule has 0 radical (unpaired) electrons. The molecule has 1 saturated heterocycles. The average molecular weight is 688 g/mol. The Kier molecular flexibility index (Phi) is 9.90. The minimum atomic E-state index is -3.60. The summed E-state index contributed by atoms with van der Waals surface area (Å²) in [4.78, 5) is 25.7. The summed E-state index contributed by atoms with van der Waals surface area (Å²) in [5.41, 5.74) is 1.51. The third-order valence-corrected chi connectivity index (χ3v) is 10.1. The molecule has 1 aliphatic rings. The van der Waals surface area contributed by atoms with E-state index in [4.69, 9.17) is 0 Å². The van der Waals surface area contributed by atoms with Crippen LogP contribution in [-0.4, -0.2) is 58.1 Å². The first-order valence-electron chi connectivity index (χ1n) is 13.5. The zero-order valence-electron chi connectivity index (χ0n) is 22.9. The quantitative estimate of drug-likeness (QED) is 0.225. The fourth-order valence-electron chi connectivity index (χ4n) is 4.51. The van der Waals surface area contributed by atoms with Crippen molar-refractivity contribution >= 4 is 55.2 Å². The molecule has 0 saturated carbocycles. The Morgan fingerprint density at radius 1 is 0.907 bits per heavy atom. The molecule has 14 heteroatoms. The van der Waals surface area contributed by atoms with Crippen molar-refractivity contribution in [3.05, 3.63) is 94.5 Å². The summed E-state index contributed by atoms with van der Waals surface area (Å²) in [5.74, 6) is -0.651. The second-order valence-electron chi connectivity index (χ2n) is 9.73. The van der Waals surface area contributed by atoms with Gasteiger partial charge in [-0.25, -0.2) is 12.8 Å². The van der Waals surface area contributed by atoms with Gasteiger partial charge in [0.05, 0.1) is 17.2 Å². The number of anilines is 1. The first kappa shape index (κ1) is 30.9. The highest BCUT2D eigenvalue weighted by Crippen LogP contribution is 2.25. The number of thioether (sulfide) groups is 1. The fourth-order valence-corrected chi connectivity index (χ4v) is 7.06. The molecule has 3 aromatic carbocycles. The van der Waals surface area contributed by atoms with E-state index in [0.717, 1.165) is 41.2 Å². The summed E-state index contributed by atoms with van der Waals surface area (Å²) in [7, 11) is -3.60. The summed E-state index contributed by atoms with van der Waals surface area (Å²) in [6.07, 6.45) is 2.70. The van der Waals surface area contributed by atoms with Gasteiger partial charge in [0.1, 0.15) is 5.82 Å². The van der Waals surface area contributed by atoms with Gasteiger partial charge in [-0.05, 0) is 85.6 Å². The van der Waals surface area contributed by atoms with Crippen LogP contribution in [0.25, 0.3) is 5.69 Å². The van der Waals surface area contributed by atoms with Gasteiger partial charge in [-0.3, -0.25) is 14.2 Å². The molecular formula is C29H28BrFN6O4S2. The van der Waals surface area contributed by atoms with Crippen molar-refractivity contribution in [1.82, 2.24) is 24.4 Å². The van der Waals surface area contributed by atoms with E-state index in [1.807, 2.05) is 24.3 Å². The highest BCUT2D eigenvalue weighted by molar-refractivity contribution is 9.10. The molecule has 1 aromatic heterocycles. The molecule has 0 aliphatic carbocycles. The predicted octanol–water partition coefficient (Wildman–Crippen LogP) is 5.00. The van der Waals surface area contributed by atoms with Gasteiger partial charge in [-0.2, -0.15) is 4.31 Å². The topological polar surface area (TPSA) is 126 Å². The molecular weight excluding hydrogens is 659 g/mol. The Labute approximate surface area is 261 Å². The van der Waals surface area contributed by atoms with Gasteiger partial charge in [0.25, 0.3) is 5.91 Å². The van der Waals surface area contributed by atoms with Gasteiger partial charge in [0.15, 0.2) is 11.0 Å². The molecule has 0 spiro atoms. The summed E-state index contributed by atoms with van der Waals surface area (Å²) >= 11 is 4.59. The van der Waals surface area contributed by atoms with Crippen molar-refractivity contribution in [3.63, 3.8) is 0 Å². The van der Waals surface area contributed by atoms with Gasteiger partial charge in [0, 0.05) is 34.5 Å². The molecule has 1 fully saturated rings. The summed E-state index contributed by atoms with van der Waals surface area (Å²) in [6.45, 7) is 1.03. The number of hydrogen-bond donors (Lipinski definition) is 2. The number of piperidine rings is 1. The lowest BCUT2D eigenvalue weighted by Gasteiger charge is -2.25. The largest absolute Gasteiger partial charge is 0.345 e. The van der Waals surface area contributed by atoms with E-state index >= 15 is 0 Å². The second-order valence-corrected chi connectivity index (χ2v) is 13.5. The Bertz CT molecular complexity index is 1690. The van der Waals surface area contributed by atoms with Crippen LogP contribution < -0.4 is 10.6 Å². The van der Waals surface area contributed by atoms with Gasteiger partial charge < -0.3 is 10.6 Å². The van der Waals surface area contributed by atoms with Gasteiger partial charge in [0.2, 0.25) is 15.9 Å². The first-order valence-corrected chi connectivity index (χ1v) is 16.7. The standard InChI is InChI=1S/C29H28BrFN6O4S2/c30-21-6-12-24(13-7-21)37-26(34-35-29(37)42-19-27(38)33-23-10-8-22(31)9-11-23)18-32-28(39)20-4-14-25(15-5-20)43(40,41)36-16-2-1-3-17-36/h4-15H,1-3,16-19H2,(H,32,39)(H,33,38). The zero-order chi connectivity index (χ0) is 30.4. The summed E-state index contributed by atoms with van der Waals surface area (Å²) in [6, 6.07) is 18.8. The van der Waals surface area contributed by atoms with Crippen molar-refractivity contribution in [1.29, 1.82) is 0 Å². The Morgan fingerprint density at radius 3 is 2.26 bits per heavy atom. The second kappa shape index (κ2) is 13.8. The number of sulfonamides is 1. The maximum atomic E-state index is 13.2. The van der Waals surface area contributed by atoms with Gasteiger partial charge in [-0.1, -0.05) is 34.1 Å². The van der Waals surface area contributed by atoms with E-state index in [-0.39, 0.29) is 23.1 Å². The highest BCUT2D eigenvalue weighted by Gasteiger charge is 2.26. The van der Waals surface area contributed by atoms with Gasteiger partial charge in [-0.15, -0.1) is 10.2 Å². The number of carbonyl (C=O) groups excluding carboxylic acids is 2. The molecule has 2 heterocycles. The molecule has 2 N–H and O–H groups in total. The molecule has 43 heavy (non-hydrogen) atoms. The smallest absolute Gasteiger partial charge is 0.251 e. The third-order valence-electron chi connectivity index (χ3n) is 6.72. The van der Waals surface area contributed by atoms with Crippen LogP contribution >= 0.6 is 27.7 Å². The van der Waals surface area contributed by atoms with E-state index in [0.29, 0.717) is 35.3 Å². The number of amides is 2. The molecule has 224 valence electrons. The van der Waals surface area contributed by atoms with Crippen LogP contribution in [0, 0.1) is 5.82 Å². The predicted molar refractivity (Wildman–Crippen MR) is 165 cm³/mol. The van der Waals surface area contributed by atoms with Crippen LogP contribution in [0.2, 0.25) is 0 Å². The molecule has 0 unspecified atom stereocenters. The van der Waals surface area contributed by atoms with E-state index in [2.05, 4.69) is 36.8 Å². The molecule has 0 bridgehead atoms. The lowest BCUT2D eigenvalue weighted by atomic mass is 10.2. The van der Waals surface area contributed by atoms with Crippen LogP contribution in [0.3, 0.4) is 0 Å². The lowest BCUT2D eigenvalue weighted by Crippen LogP contribution is -2.35. The van der Waals surface area contributed by atoms with Crippen LogP contribution in [0.4, 0.5) is 10.1 Å². The minimum absolute atomic E-state index is 0.0189. The molecule has 4 aromatic rings. The van der Waals surface area contributed by atoms with Crippen molar-refractivity contribution in [2.75, 3.05) is 24.2 Å². The number of halogens is 2. The average Bonchev–Trinajstić information content (AvgIpc) is 3.43. The number of nitrogens with zero attached hydrogens (tertiary/aromatic N) is 4. The first-order chi connectivity index (χ1) is 20.7. The van der Waals surface area contributed by atoms with Crippen molar-refractivity contribution in [3.8, 4) is 5.69 Å². The Balaban J connectivity index is 1.27. The minimum Gasteiger partial charge on any atom is -0.345 e. The Hall–Kier alpha value is -3.59. The zero-order valence-corrected chi connectivity index (χ0v) is 26.1. The maximum Gasteiger partial charge on any atom is 0.251 e. The van der Waals surface area contributed by atoms with Crippen LogP contribution in [0.15, 0.2) is 87.3 Å². The number of nitrogens with one attached hydrogen (secondary N) is 2. The maximum absolute atomic E-state index is 13.2. The molecule has 1 aliphatic heterocycles. The highest BCUT2D eigenvalue weighted by atomic mass is 79.9. The van der Waals surface area contributed by atoms with Crippen molar-refractivity contribution < 1.29 is 22.4 Å². The number of hydrogen-bond acceptors (Lipinski definition) is 7. The number of benzene rings is 3. The number of rotatable bonds is 10. The van der Waals surface area contributed by atoms with E-state index in [1.54, 1.807) is 4.57 Å². The van der Waals surface area contributed by atoms with Crippen LogP contribution in [0.1, 0.15) is 35.4 Å². The lowest BCUT2D eigenvalue weighted by molar-refractivity contribution is -0.113. The van der Waals surface area contributed by atoms with Crippen molar-refractivity contribution in [2.45, 2.75) is 35.9 Å². The van der Waals surface area contributed by atoms with Crippen LogP contribution in [-0.2, 0) is 21.4 Å². The molecule has 0 atom stereocenters. The van der Waals surface area contributed by atoms with E-state index in [1.165, 1.54) is 52.8 Å². The molecule has 5 rings (SSSR count). The monoisotopic (exact) mass is 686 g/mol. The summed E-state index contributed by atoms with van der Waals surface area (Å²) < 4.78 is 43.2. The summed E-state index contributed by atoms with van der Waals surface area (Å²) in [5, 5.41) is 14.5.